The van der Waals surface area contributed by atoms with Crippen molar-refractivity contribution in [1.29, 1.82) is 0 Å². The maximum absolute atomic E-state index is 12.9. The Kier molecular flexibility index (Phi) is 5.96. The summed E-state index contributed by atoms with van der Waals surface area (Å²) in [6, 6.07) is 7.32. The average Bonchev–Trinajstić information content (AvgIpc) is 3.16. The molecule has 1 aliphatic heterocycles. The minimum atomic E-state index is -0.141. The topological polar surface area (TPSA) is 64.8 Å². The van der Waals surface area contributed by atoms with E-state index < -0.39 is 0 Å². The molecular formula is C21H24N2O4. The van der Waals surface area contributed by atoms with Crippen molar-refractivity contribution in [3.05, 3.63) is 66.9 Å². The summed E-state index contributed by atoms with van der Waals surface area (Å²) in [7, 11) is 1.61. The third-order valence-corrected chi connectivity index (χ3v) is 4.52. The van der Waals surface area contributed by atoms with Gasteiger partial charge < -0.3 is 18.8 Å². The molecule has 27 heavy (non-hydrogen) atoms. The van der Waals surface area contributed by atoms with E-state index in [9.17, 15) is 4.79 Å². The maximum atomic E-state index is 12.9. The molecule has 0 bridgehead atoms. The normalized spacial score (nSPS) is 19.0. The van der Waals surface area contributed by atoms with Crippen LogP contribution in [0.15, 0.2) is 59.8 Å². The number of hydrogen-bond donors (Lipinski definition) is 0. The number of benzene rings is 1. The summed E-state index contributed by atoms with van der Waals surface area (Å²) in [5.74, 6) is 1.64. The SMILES string of the molecule is C=CC[C@@H]1CC=C[C@@H](C)N1C(=O)c1coc(COc2ccc(OC)cc2)n1. The van der Waals surface area contributed by atoms with Gasteiger partial charge in [-0.2, -0.15) is 0 Å². The van der Waals surface area contributed by atoms with Gasteiger partial charge in [-0.15, -0.1) is 6.58 Å². The van der Waals surface area contributed by atoms with Crippen molar-refractivity contribution in [2.75, 3.05) is 7.11 Å². The number of nitrogens with zero attached hydrogens (tertiary/aromatic N) is 2. The highest BCUT2D eigenvalue weighted by Gasteiger charge is 2.30. The molecule has 1 aromatic heterocycles. The van der Waals surface area contributed by atoms with Crippen LogP contribution in [0.2, 0.25) is 0 Å². The summed E-state index contributed by atoms with van der Waals surface area (Å²) in [5.41, 5.74) is 0.291. The van der Waals surface area contributed by atoms with E-state index in [-0.39, 0.29) is 24.6 Å². The molecule has 0 fully saturated rings. The average molecular weight is 368 g/mol. The molecule has 2 aromatic rings. The lowest BCUT2D eigenvalue weighted by Crippen LogP contribution is -2.47. The minimum absolute atomic E-state index is 0.00639. The number of amides is 1. The summed E-state index contributed by atoms with van der Waals surface area (Å²) in [6.07, 6.45) is 8.93. The van der Waals surface area contributed by atoms with Gasteiger partial charge in [0.1, 0.15) is 17.8 Å². The van der Waals surface area contributed by atoms with Crippen LogP contribution in [0.3, 0.4) is 0 Å². The second-order valence-electron chi connectivity index (χ2n) is 6.39. The van der Waals surface area contributed by atoms with E-state index in [0.717, 1.165) is 18.6 Å². The largest absolute Gasteiger partial charge is 0.497 e. The van der Waals surface area contributed by atoms with Crippen LogP contribution in [-0.2, 0) is 6.61 Å². The van der Waals surface area contributed by atoms with Crippen LogP contribution < -0.4 is 9.47 Å². The van der Waals surface area contributed by atoms with Crippen molar-refractivity contribution in [2.45, 2.75) is 38.5 Å². The Balaban J connectivity index is 1.65. The number of ether oxygens (including phenoxy) is 2. The fourth-order valence-electron chi connectivity index (χ4n) is 3.15. The Morgan fingerprint density at radius 1 is 1.37 bits per heavy atom. The van der Waals surface area contributed by atoms with E-state index >= 15 is 0 Å². The molecule has 0 N–H and O–H groups in total. The molecule has 2 atom stereocenters. The predicted molar refractivity (Wildman–Crippen MR) is 102 cm³/mol. The van der Waals surface area contributed by atoms with Crippen LogP contribution >= 0.6 is 0 Å². The van der Waals surface area contributed by atoms with Crippen LogP contribution in [0.25, 0.3) is 0 Å². The quantitative estimate of drug-likeness (QED) is 0.691. The second kappa shape index (κ2) is 8.58. The molecule has 0 saturated heterocycles. The van der Waals surface area contributed by atoms with Crippen LogP contribution in [0, 0.1) is 0 Å². The van der Waals surface area contributed by atoms with Crippen molar-refractivity contribution in [3.8, 4) is 11.5 Å². The first-order chi connectivity index (χ1) is 13.1. The van der Waals surface area contributed by atoms with Crippen molar-refractivity contribution < 1.29 is 18.7 Å². The van der Waals surface area contributed by atoms with Crippen molar-refractivity contribution in [3.63, 3.8) is 0 Å². The van der Waals surface area contributed by atoms with Gasteiger partial charge in [0.2, 0.25) is 5.89 Å². The molecule has 0 unspecified atom stereocenters. The number of rotatable bonds is 7. The van der Waals surface area contributed by atoms with Gasteiger partial charge in [-0.25, -0.2) is 4.98 Å². The number of carbonyl (C=O) groups is 1. The fourth-order valence-corrected chi connectivity index (χ4v) is 3.15. The van der Waals surface area contributed by atoms with Crippen LogP contribution in [0.5, 0.6) is 11.5 Å². The number of oxazole rings is 1. The first-order valence-corrected chi connectivity index (χ1v) is 8.94. The Labute approximate surface area is 159 Å². The Bertz CT molecular complexity index is 810. The smallest absolute Gasteiger partial charge is 0.276 e. The predicted octanol–water partition coefficient (Wildman–Crippen LogP) is 4.00. The Morgan fingerprint density at radius 2 is 2.11 bits per heavy atom. The molecule has 1 amide bonds. The van der Waals surface area contributed by atoms with Gasteiger partial charge in [0.05, 0.1) is 7.11 Å². The van der Waals surface area contributed by atoms with Crippen LogP contribution in [0.1, 0.15) is 36.1 Å². The van der Waals surface area contributed by atoms with Gasteiger partial charge in [-0.1, -0.05) is 18.2 Å². The summed E-state index contributed by atoms with van der Waals surface area (Å²) >= 11 is 0. The molecule has 142 valence electrons. The number of carbonyl (C=O) groups excluding carboxylic acids is 1. The summed E-state index contributed by atoms with van der Waals surface area (Å²) in [6.45, 7) is 5.94. The van der Waals surface area contributed by atoms with E-state index in [4.69, 9.17) is 13.9 Å². The molecule has 6 heteroatoms. The van der Waals surface area contributed by atoms with E-state index in [1.165, 1.54) is 6.26 Å². The highest BCUT2D eigenvalue weighted by atomic mass is 16.5. The van der Waals surface area contributed by atoms with Crippen LogP contribution in [-0.4, -0.2) is 35.0 Å². The molecule has 1 aliphatic rings. The molecule has 0 radical (unpaired) electrons. The van der Waals surface area contributed by atoms with Gasteiger partial charge in [0.25, 0.3) is 5.91 Å². The van der Waals surface area contributed by atoms with Crippen molar-refractivity contribution in [1.82, 2.24) is 9.88 Å². The van der Waals surface area contributed by atoms with Gasteiger partial charge in [-0.3, -0.25) is 4.79 Å². The van der Waals surface area contributed by atoms with E-state index in [0.29, 0.717) is 17.3 Å². The lowest BCUT2D eigenvalue weighted by atomic mass is 10.00. The van der Waals surface area contributed by atoms with Gasteiger partial charge in [-0.05, 0) is 44.0 Å². The first-order valence-electron chi connectivity index (χ1n) is 8.94. The lowest BCUT2D eigenvalue weighted by molar-refractivity contribution is 0.0616. The van der Waals surface area contributed by atoms with Crippen molar-refractivity contribution >= 4 is 5.91 Å². The summed E-state index contributed by atoms with van der Waals surface area (Å²) < 4.78 is 16.2. The Hall–Kier alpha value is -3.02. The van der Waals surface area contributed by atoms with E-state index in [1.54, 1.807) is 19.2 Å². The third kappa shape index (κ3) is 4.39. The van der Waals surface area contributed by atoms with Crippen molar-refractivity contribution in [2.24, 2.45) is 0 Å². The van der Waals surface area contributed by atoms with Gasteiger partial charge in [0.15, 0.2) is 12.3 Å². The highest BCUT2D eigenvalue weighted by molar-refractivity contribution is 5.92. The minimum Gasteiger partial charge on any atom is -0.497 e. The van der Waals surface area contributed by atoms with E-state index in [1.807, 2.05) is 36.1 Å². The van der Waals surface area contributed by atoms with Gasteiger partial charge in [0, 0.05) is 12.1 Å². The molecule has 3 rings (SSSR count). The molecule has 0 spiro atoms. The van der Waals surface area contributed by atoms with E-state index in [2.05, 4.69) is 17.6 Å². The lowest BCUT2D eigenvalue weighted by Gasteiger charge is -2.36. The zero-order valence-corrected chi connectivity index (χ0v) is 15.6. The standard InChI is InChI=1S/C21H24N2O4/c1-4-6-16-8-5-7-15(2)23(16)21(24)19-13-27-20(22-19)14-26-18-11-9-17(25-3)10-12-18/h4-5,7,9-13,15-16H,1,6,8,14H2,2-3H3/t15-,16-/m1/s1. The monoisotopic (exact) mass is 368 g/mol. The summed E-state index contributed by atoms with van der Waals surface area (Å²) in [4.78, 5) is 19.1. The third-order valence-electron chi connectivity index (χ3n) is 4.52. The number of hydrogen-bond acceptors (Lipinski definition) is 5. The summed E-state index contributed by atoms with van der Waals surface area (Å²) in [5, 5.41) is 0. The highest BCUT2D eigenvalue weighted by Crippen LogP contribution is 2.23. The number of methoxy groups -OCH3 is 1. The fraction of sp³-hybridized carbons (Fsp3) is 0.333. The van der Waals surface area contributed by atoms with Crippen LogP contribution in [0.4, 0.5) is 0 Å². The molecule has 0 aliphatic carbocycles. The Morgan fingerprint density at radius 3 is 2.81 bits per heavy atom. The zero-order chi connectivity index (χ0) is 19.2. The molecular weight excluding hydrogens is 344 g/mol. The zero-order valence-electron chi connectivity index (χ0n) is 15.6. The van der Waals surface area contributed by atoms with Gasteiger partial charge >= 0.3 is 0 Å². The molecule has 2 heterocycles. The molecule has 6 nitrogen and oxygen atoms in total. The maximum Gasteiger partial charge on any atom is 0.276 e. The second-order valence-corrected chi connectivity index (χ2v) is 6.39. The molecule has 0 saturated carbocycles. The molecule has 1 aromatic carbocycles. The number of aromatic nitrogens is 1. The first kappa shape index (κ1) is 18.8.